The smallest absolute Gasteiger partial charge is 0.303 e. The molecule has 2 aliphatic rings. The molecule has 1 unspecified atom stereocenters. The van der Waals surface area contributed by atoms with Gasteiger partial charge in [0, 0.05) is 11.9 Å². The van der Waals surface area contributed by atoms with Crippen LogP contribution in [0, 0.1) is 5.41 Å². The van der Waals surface area contributed by atoms with Gasteiger partial charge in [0.05, 0.1) is 13.0 Å². The summed E-state index contributed by atoms with van der Waals surface area (Å²) in [7, 11) is 0. The summed E-state index contributed by atoms with van der Waals surface area (Å²) in [6, 6.07) is 0. The maximum atomic E-state index is 10.6. The van der Waals surface area contributed by atoms with Crippen molar-refractivity contribution in [1.29, 1.82) is 0 Å². The molecule has 0 radical (unpaired) electrons. The van der Waals surface area contributed by atoms with Crippen LogP contribution in [0.2, 0.25) is 0 Å². The van der Waals surface area contributed by atoms with Crippen molar-refractivity contribution in [1.82, 2.24) is 0 Å². The minimum atomic E-state index is -0.647. The number of thioether (sulfide) groups is 1. The van der Waals surface area contributed by atoms with Gasteiger partial charge in [0.25, 0.3) is 0 Å². The molecule has 1 aliphatic heterocycles. The average molecular weight is 216 g/mol. The lowest BCUT2D eigenvalue weighted by atomic mass is 10.1. The molecule has 0 amide bonds. The third-order valence-corrected chi connectivity index (χ3v) is 4.62. The Morgan fingerprint density at radius 3 is 2.86 bits per heavy atom. The van der Waals surface area contributed by atoms with E-state index in [1.807, 2.05) is 11.8 Å². The average Bonchev–Trinajstić information content (AvgIpc) is 2.68. The molecule has 0 aromatic rings. The van der Waals surface area contributed by atoms with E-state index in [1.54, 1.807) is 0 Å². The Kier molecular flexibility index (Phi) is 3.02. The highest BCUT2D eigenvalue weighted by molar-refractivity contribution is 8.00. The minimum absolute atomic E-state index is 0.138. The maximum Gasteiger partial charge on any atom is 0.303 e. The van der Waals surface area contributed by atoms with Gasteiger partial charge in [-0.1, -0.05) is 0 Å². The van der Waals surface area contributed by atoms with Crippen molar-refractivity contribution in [3.05, 3.63) is 0 Å². The van der Waals surface area contributed by atoms with E-state index in [0.29, 0.717) is 11.7 Å². The van der Waals surface area contributed by atoms with Crippen LogP contribution in [-0.4, -0.2) is 35.3 Å². The second-order valence-electron chi connectivity index (χ2n) is 4.37. The van der Waals surface area contributed by atoms with Crippen LogP contribution < -0.4 is 0 Å². The fraction of sp³-hybridized carbons (Fsp3) is 0.900. The predicted molar refractivity (Wildman–Crippen MR) is 55.6 cm³/mol. The maximum absolute atomic E-state index is 10.6. The van der Waals surface area contributed by atoms with E-state index in [2.05, 4.69) is 0 Å². The highest BCUT2D eigenvalue weighted by Crippen LogP contribution is 2.51. The second-order valence-corrected chi connectivity index (χ2v) is 5.66. The van der Waals surface area contributed by atoms with E-state index in [1.165, 1.54) is 0 Å². The van der Waals surface area contributed by atoms with Gasteiger partial charge in [0.15, 0.2) is 0 Å². The molecule has 1 saturated heterocycles. The SMILES string of the molecule is O=C(O)CC1(CSC2CCOC2)CC1. The van der Waals surface area contributed by atoms with Crippen LogP contribution in [0.3, 0.4) is 0 Å². The molecule has 3 nitrogen and oxygen atoms in total. The molecule has 1 heterocycles. The fourth-order valence-electron chi connectivity index (χ4n) is 1.81. The minimum Gasteiger partial charge on any atom is -0.481 e. The number of carboxylic acids is 1. The first kappa shape index (κ1) is 10.3. The van der Waals surface area contributed by atoms with Crippen LogP contribution >= 0.6 is 11.8 Å². The van der Waals surface area contributed by atoms with Crippen molar-refractivity contribution in [2.75, 3.05) is 19.0 Å². The number of carboxylic acid groups (broad SMARTS) is 1. The van der Waals surface area contributed by atoms with Crippen molar-refractivity contribution in [3.8, 4) is 0 Å². The molecule has 1 N–H and O–H groups in total. The lowest BCUT2D eigenvalue weighted by Gasteiger charge is -2.14. The molecular formula is C10H16O3S. The van der Waals surface area contributed by atoms with Crippen molar-refractivity contribution < 1.29 is 14.6 Å². The first-order chi connectivity index (χ1) is 6.70. The summed E-state index contributed by atoms with van der Waals surface area (Å²) >= 11 is 1.91. The summed E-state index contributed by atoms with van der Waals surface area (Å²) in [6.07, 6.45) is 3.68. The van der Waals surface area contributed by atoms with Gasteiger partial charge in [0.1, 0.15) is 0 Å². The normalized spacial score (nSPS) is 29.0. The molecule has 2 fully saturated rings. The van der Waals surface area contributed by atoms with Crippen molar-refractivity contribution >= 4 is 17.7 Å². The number of carbonyl (C=O) groups is 1. The van der Waals surface area contributed by atoms with Crippen LogP contribution in [0.5, 0.6) is 0 Å². The summed E-state index contributed by atoms with van der Waals surface area (Å²) in [5.41, 5.74) is 0.138. The molecule has 4 heteroatoms. The Balaban J connectivity index is 1.71. The zero-order valence-corrected chi connectivity index (χ0v) is 9.02. The third-order valence-electron chi connectivity index (χ3n) is 3.00. The second kappa shape index (κ2) is 4.11. The Morgan fingerprint density at radius 1 is 1.57 bits per heavy atom. The number of aliphatic carboxylic acids is 1. The summed E-state index contributed by atoms with van der Waals surface area (Å²) in [5.74, 6) is 0.360. The fourth-order valence-corrected chi connectivity index (χ4v) is 3.24. The monoisotopic (exact) mass is 216 g/mol. The molecule has 0 spiro atoms. The van der Waals surface area contributed by atoms with E-state index >= 15 is 0 Å². The van der Waals surface area contributed by atoms with E-state index < -0.39 is 5.97 Å². The topological polar surface area (TPSA) is 46.5 Å². The van der Waals surface area contributed by atoms with Crippen LogP contribution in [0.25, 0.3) is 0 Å². The van der Waals surface area contributed by atoms with Gasteiger partial charge in [-0.05, 0) is 30.4 Å². The molecule has 14 heavy (non-hydrogen) atoms. The molecule has 1 saturated carbocycles. The summed E-state index contributed by atoms with van der Waals surface area (Å²) in [4.78, 5) is 10.6. The largest absolute Gasteiger partial charge is 0.481 e. The Labute approximate surface area is 88.2 Å². The summed E-state index contributed by atoms with van der Waals surface area (Å²) in [6.45, 7) is 1.73. The van der Waals surface area contributed by atoms with Gasteiger partial charge in [-0.2, -0.15) is 11.8 Å². The Morgan fingerprint density at radius 2 is 2.36 bits per heavy atom. The third kappa shape index (κ3) is 2.64. The van der Waals surface area contributed by atoms with Gasteiger partial charge in [-0.15, -0.1) is 0 Å². The van der Waals surface area contributed by atoms with Crippen molar-refractivity contribution in [2.45, 2.75) is 30.9 Å². The van der Waals surface area contributed by atoms with Crippen LogP contribution in [0.15, 0.2) is 0 Å². The lowest BCUT2D eigenvalue weighted by Crippen LogP contribution is -2.14. The quantitative estimate of drug-likeness (QED) is 0.760. The highest BCUT2D eigenvalue weighted by atomic mass is 32.2. The summed E-state index contributed by atoms with van der Waals surface area (Å²) < 4.78 is 5.29. The molecule has 80 valence electrons. The molecule has 1 atom stereocenters. The van der Waals surface area contributed by atoms with E-state index in [0.717, 1.165) is 38.2 Å². The van der Waals surface area contributed by atoms with Crippen molar-refractivity contribution in [3.63, 3.8) is 0 Å². The van der Waals surface area contributed by atoms with E-state index in [-0.39, 0.29) is 5.41 Å². The van der Waals surface area contributed by atoms with Gasteiger partial charge in [0.2, 0.25) is 0 Å². The summed E-state index contributed by atoms with van der Waals surface area (Å²) in [5, 5.41) is 9.36. The van der Waals surface area contributed by atoms with Crippen molar-refractivity contribution in [2.24, 2.45) is 5.41 Å². The lowest BCUT2D eigenvalue weighted by molar-refractivity contribution is -0.138. The first-order valence-corrected chi connectivity index (χ1v) is 6.16. The molecular weight excluding hydrogens is 200 g/mol. The standard InChI is InChI=1S/C10H16O3S/c11-9(12)5-10(2-3-10)7-14-8-1-4-13-6-8/h8H,1-7H2,(H,11,12). The van der Waals surface area contributed by atoms with Gasteiger partial charge >= 0.3 is 5.97 Å². The molecule has 1 aliphatic carbocycles. The highest BCUT2D eigenvalue weighted by Gasteiger charge is 2.44. The molecule has 0 bridgehead atoms. The number of ether oxygens (including phenoxy) is 1. The van der Waals surface area contributed by atoms with Gasteiger partial charge in [-0.25, -0.2) is 0 Å². The van der Waals surface area contributed by atoms with E-state index in [4.69, 9.17) is 9.84 Å². The van der Waals surface area contributed by atoms with Crippen LogP contribution in [-0.2, 0) is 9.53 Å². The number of rotatable bonds is 5. The van der Waals surface area contributed by atoms with Crippen LogP contribution in [0.4, 0.5) is 0 Å². The molecule has 2 rings (SSSR count). The number of hydrogen-bond acceptors (Lipinski definition) is 3. The zero-order chi connectivity index (χ0) is 10.0. The van der Waals surface area contributed by atoms with Crippen LogP contribution in [0.1, 0.15) is 25.7 Å². The molecule has 0 aromatic carbocycles. The Hall–Kier alpha value is -0.220. The first-order valence-electron chi connectivity index (χ1n) is 5.11. The van der Waals surface area contributed by atoms with Gasteiger partial charge in [-0.3, -0.25) is 4.79 Å². The number of hydrogen-bond donors (Lipinski definition) is 1. The predicted octanol–water partition coefficient (Wildman–Crippen LogP) is 1.76. The zero-order valence-electron chi connectivity index (χ0n) is 8.20. The van der Waals surface area contributed by atoms with Gasteiger partial charge < -0.3 is 9.84 Å². The Bertz CT molecular complexity index is 219. The van der Waals surface area contributed by atoms with E-state index in [9.17, 15) is 4.79 Å². The molecule has 0 aromatic heterocycles.